The molecule has 3 atom stereocenters. The Morgan fingerprint density at radius 3 is 2.50 bits per heavy atom. The molecule has 2 heterocycles. The second kappa shape index (κ2) is 11.3. The summed E-state index contributed by atoms with van der Waals surface area (Å²) in [5.74, 6) is -1.56. The molecule has 2 fully saturated rings. The summed E-state index contributed by atoms with van der Waals surface area (Å²) in [6.07, 6.45) is -0.178. The maximum atomic E-state index is 14.5. The van der Waals surface area contributed by atoms with Crippen LogP contribution in [0.4, 0.5) is 13.6 Å². The van der Waals surface area contributed by atoms with E-state index in [2.05, 4.69) is 5.32 Å². The third-order valence-corrected chi connectivity index (χ3v) is 7.24. The van der Waals surface area contributed by atoms with E-state index in [1.807, 2.05) is 26.0 Å². The molecule has 0 saturated carbocycles. The molecule has 1 N–H and O–H groups in total. The number of amides is 4. The van der Waals surface area contributed by atoms with Gasteiger partial charge in [0, 0.05) is 31.8 Å². The first-order chi connectivity index (χ1) is 18.1. The van der Waals surface area contributed by atoms with E-state index in [9.17, 15) is 23.2 Å². The quantitative estimate of drug-likeness (QED) is 0.596. The molecule has 4 amide bonds. The maximum Gasteiger partial charge on any atom is 0.334 e. The fraction of sp³-hybridized carbons (Fsp3) is 0.444. The number of carbonyl (C=O) groups excluding carboxylic acids is 3. The van der Waals surface area contributed by atoms with Crippen molar-refractivity contribution < 1.29 is 27.9 Å². The molecule has 204 valence electrons. The fourth-order valence-electron chi connectivity index (χ4n) is 5.00. The van der Waals surface area contributed by atoms with Crippen molar-refractivity contribution >= 4 is 17.8 Å². The Balaban J connectivity index is 1.61. The van der Waals surface area contributed by atoms with Gasteiger partial charge < -0.3 is 19.9 Å². The smallest absolute Gasteiger partial charge is 0.334 e. The van der Waals surface area contributed by atoms with Gasteiger partial charge in [0.2, 0.25) is 11.8 Å². The Labute approximate surface area is 220 Å². The van der Waals surface area contributed by atoms with Crippen LogP contribution >= 0.6 is 0 Å². The number of hydrogen-bond donors (Lipinski definition) is 1. The molecule has 38 heavy (non-hydrogen) atoms. The summed E-state index contributed by atoms with van der Waals surface area (Å²) >= 11 is 0. The van der Waals surface area contributed by atoms with Crippen molar-refractivity contribution in [2.45, 2.75) is 45.6 Å². The molecule has 2 aromatic rings. The molecule has 2 aliphatic heterocycles. The molecule has 2 saturated heterocycles. The lowest BCUT2D eigenvalue weighted by atomic mass is 9.92. The summed E-state index contributed by atoms with van der Waals surface area (Å²) in [4.78, 5) is 43.2. The van der Waals surface area contributed by atoms with E-state index >= 15 is 0 Å². The highest BCUT2D eigenvalue weighted by atomic mass is 19.1. The molecule has 2 aliphatic rings. The Morgan fingerprint density at radius 1 is 1.16 bits per heavy atom. The van der Waals surface area contributed by atoms with Crippen LogP contribution in [-0.2, 0) is 22.7 Å². The topological polar surface area (TPSA) is 85.4 Å². The summed E-state index contributed by atoms with van der Waals surface area (Å²) < 4.78 is 33.1. The van der Waals surface area contributed by atoms with Crippen LogP contribution in [0, 0.1) is 17.6 Å². The number of nitrogens with one attached hydrogen (secondary N) is 1. The molecule has 0 aliphatic carbocycles. The van der Waals surface area contributed by atoms with Crippen molar-refractivity contribution in [2.75, 3.05) is 27.2 Å². The van der Waals surface area contributed by atoms with Crippen LogP contribution in [0.1, 0.15) is 31.4 Å². The normalized spacial score (nSPS) is 20.8. The SMILES string of the molecule is CCC(C)C1C(=O)N(Cc2ccc(F)cc2F)CC2N1C(=O)CN(C)N2C(=O)NCc1ccc(OC)cc1. The Kier molecular flexibility index (Phi) is 8.15. The number of urea groups is 1. The first-order valence-electron chi connectivity index (χ1n) is 12.6. The summed E-state index contributed by atoms with van der Waals surface area (Å²) in [6.45, 7) is 3.84. The minimum Gasteiger partial charge on any atom is -0.497 e. The third kappa shape index (κ3) is 5.42. The van der Waals surface area contributed by atoms with Gasteiger partial charge in [-0.25, -0.2) is 23.6 Å². The van der Waals surface area contributed by atoms with Crippen LogP contribution in [0.3, 0.4) is 0 Å². The molecule has 0 bridgehead atoms. The number of methoxy groups -OCH3 is 1. The number of hydrazine groups is 1. The molecule has 0 aromatic heterocycles. The molecule has 11 heteroatoms. The van der Waals surface area contributed by atoms with Gasteiger partial charge in [-0.1, -0.05) is 38.5 Å². The Bertz CT molecular complexity index is 1190. The second-order valence-corrected chi connectivity index (χ2v) is 9.73. The van der Waals surface area contributed by atoms with Gasteiger partial charge in [0.05, 0.1) is 20.2 Å². The van der Waals surface area contributed by atoms with Gasteiger partial charge in [-0.05, 0) is 29.7 Å². The van der Waals surface area contributed by atoms with Gasteiger partial charge >= 0.3 is 6.03 Å². The van der Waals surface area contributed by atoms with Crippen molar-refractivity contribution in [1.82, 2.24) is 25.1 Å². The molecule has 0 radical (unpaired) electrons. The molecular formula is C27H33F2N5O4. The summed E-state index contributed by atoms with van der Waals surface area (Å²) in [7, 11) is 3.21. The summed E-state index contributed by atoms with van der Waals surface area (Å²) in [5, 5.41) is 5.87. The number of likely N-dealkylation sites (N-methyl/N-ethyl adjacent to an activating group) is 1. The molecular weight excluding hydrogens is 496 g/mol. The van der Waals surface area contributed by atoms with Crippen LogP contribution in [0.2, 0.25) is 0 Å². The van der Waals surface area contributed by atoms with Gasteiger partial charge in [-0.2, -0.15) is 0 Å². The van der Waals surface area contributed by atoms with Crippen LogP contribution in [0.25, 0.3) is 0 Å². The average molecular weight is 530 g/mol. The fourth-order valence-corrected chi connectivity index (χ4v) is 5.00. The number of hydrogen-bond acceptors (Lipinski definition) is 5. The minimum absolute atomic E-state index is 0.0192. The lowest BCUT2D eigenvalue weighted by Gasteiger charge is -2.55. The maximum absolute atomic E-state index is 14.5. The van der Waals surface area contributed by atoms with Crippen molar-refractivity contribution in [3.8, 4) is 5.75 Å². The van der Waals surface area contributed by atoms with E-state index in [1.54, 1.807) is 26.3 Å². The van der Waals surface area contributed by atoms with Crippen molar-refractivity contribution in [3.05, 3.63) is 65.2 Å². The van der Waals surface area contributed by atoms with E-state index in [0.717, 1.165) is 17.7 Å². The minimum atomic E-state index is -0.819. The monoisotopic (exact) mass is 529 g/mol. The number of benzene rings is 2. The number of nitrogens with zero attached hydrogens (tertiary/aromatic N) is 4. The number of carbonyl (C=O) groups is 3. The second-order valence-electron chi connectivity index (χ2n) is 9.73. The zero-order chi connectivity index (χ0) is 27.6. The van der Waals surface area contributed by atoms with Crippen molar-refractivity contribution in [3.63, 3.8) is 0 Å². The summed E-state index contributed by atoms with van der Waals surface area (Å²) in [6, 6.07) is 9.24. The van der Waals surface area contributed by atoms with Gasteiger partial charge in [-0.3, -0.25) is 9.59 Å². The standard InChI is InChI=1S/C27H33F2N5O4/c1-5-17(2)25-26(36)32(14-19-8-9-20(28)12-22(19)29)15-23-33(25)24(35)16-31(3)34(23)27(37)30-13-18-6-10-21(38-4)11-7-18/h6-12,17,23,25H,5,13-16H2,1-4H3,(H,30,37). The highest BCUT2D eigenvalue weighted by molar-refractivity contribution is 5.91. The third-order valence-electron chi connectivity index (χ3n) is 7.24. The predicted octanol–water partition coefficient (Wildman–Crippen LogP) is 2.96. The number of ether oxygens (including phenoxy) is 1. The highest BCUT2D eigenvalue weighted by Gasteiger charge is 2.51. The summed E-state index contributed by atoms with van der Waals surface area (Å²) in [5.41, 5.74) is 1.01. The van der Waals surface area contributed by atoms with Gasteiger partial charge in [0.25, 0.3) is 0 Å². The molecule has 3 unspecified atom stereocenters. The Morgan fingerprint density at radius 2 is 1.87 bits per heavy atom. The zero-order valence-corrected chi connectivity index (χ0v) is 22.0. The van der Waals surface area contributed by atoms with Crippen molar-refractivity contribution in [2.24, 2.45) is 5.92 Å². The largest absolute Gasteiger partial charge is 0.497 e. The van der Waals surface area contributed by atoms with E-state index in [-0.39, 0.29) is 49.5 Å². The number of halogens is 2. The number of rotatable bonds is 7. The first kappa shape index (κ1) is 27.3. The van der Waals surface area contributed by atoms with Crippen LogP contribution in [0.5, 0.6) is 5.75 Å². The molecule has 2 aromatic carbocycles. The van der Waals surface area contributed by atoms with E-state index < -0.39 is 29.9 Å². The van der Waals surface area contributed by atoms with Crippen LogP contribution in [0.15, 0.2) is 42.5 Å². The zero-order valence-electron chi connectivity index (χ0n) is 22.0. The lowest BCUT2D eigenvalue weighted by Crippen LogP contribution is -2.76. The number of fused-ring (bicyclic) bond motifs is 1. The van der Waals surface area contributed by atoms with Crippen molar-refractivity contribution in [1.29, 1.82) is 0 Å². The highest BCUT2D eigenvalue weighted by Crippen LogP contribution is 2.31. The van der Waals surface area contributed by atoms with E-state index in [1.165, 1.54) is 25.9 Å². The molecule has 4 rings (SSSR count). The van der Waals surface area contributed by atoms with E-state index in [4.69, 9.17) is 4.74 Å². The van der Waals surface area contributed by atoms with E-state index in [0.29, 0.717) is 12.2 Å². The lowest BCUT2D eigenvalue weighted by molar-refractivity contribution is -0.191. The average Bonchev–Trinajstić information content (AvgIpc) is 2.89. The van der Waals surface area contributed by atoms with Crippen LogP contribution < -0.4 is 10.1 Å². The molecule has 0 spiro atoms. The van der Waals surface area contributed by atoms with Gasteiger partial charge in [0.15, 0.2) is 0 Å². The Hall–Kier alpha value is -3.73. The van der Waals surface area contributed by atoms with Crippen LogP contribution in [-0.4, -0.2) is 77.1 Å². The molecule has 9 nitrogen and oxygen atoms in total. The number of piperazine rings is 1. The first-order valence-corrected chi connectivity index (χ1v) is 12.6. The van der Waals surface area contributed by atoms with Gasteiger partial charge in [0.1, 0.15) is 29.6 Å². The van der Waals surface area contributed by atoms with Gasteiger partial charge in [-0.15, -0.1) is 0 Å². The predicted molar refractivity (Wildman–Crippen MR) is 135 cm³/mol.